The minimum absolute atomic E-state index is 0.323. The fourth-order valence-corrected chi connectivity index (χ4v) is 2.54. The van der Waals surface area contributed by atoms with Crippen LogP contribution >= 0.6 is 15.9 Å². The highest BCUT2D eigenvalue weighted by atomic mass is 79.9. The molecule has 1 unspecified atom stereocenters. The van der Waals surface area contributed by atoms with E-state index in [1.54, 1.807) is 7.05 Å². The first-order chi connectivity index (χ1) is 9.40. The van der Waals surface area contributed by atoms with E-state index in [1.165, 1.54) is 4.90 Å². The predicted octanol–water partition coefficient (Wildman–Crippen LogP) is 0.927. The topological polar surface area (TPSA) is 86.7 Å². The minimum atomic E-state index is -1.59. The van der Waals surface area contributed by atoms with Gasteiger partial charge in [0.2, 0.25) is 5.91 Å². The number of carboxylic acids is 1. The molecule has 1 aliphatic rings. The van der Waals surface area contributed by atoms with Crippen molar-refractivity contribution < 1.29 is 19.5 Å². The average molecular weight is 341 g/mol. The van der Waals surface area contributed by atoms with Crippen molar-refractivity contribution in [2.24, 2.45) is 0 Å². The number of benzene rings is 1. The summed E-state index contributed by atoms with van der Waals surface area (Å²) in [7, 11) is 1.61. The summed E-state index contributed by atoms with van der Waals surface area (Å²) in [5.74, 6) is -3.08. The fourth-order valence-electron chi connectivity index (χ4n) is 2.19. The second-order valence-corrected chi connectivity index (χ2v) is 5.46. The molecule has 0 aromatic heterocycles. The third-order valence-corrected chi connectivity index (χ3v) is 3.73. The zero-order chi connectivity index (χ0) is 14.9. The molecule has 0 aliphatic carbocycles. The molecule has 20 heavy (non-hydrogen) atoms. The summed E-state index contributed by atoms with van der Waals surface area (Å²) in [5, 5.41) is 10.8. The molecule has 2 N–H and O–H groups in total. The third-order valence-electron chi connectivity index (χ3n) is 3.24. The summed E-state index contributed by atoms with van der Waals surface area (Å²) >= 11 is 3.35. The van der Waals surface area contributed by atoms with E-state index in [4.69, 9.17) is 5.11 Å². The van der Waals surface area contributed by atoms with Crippen LogP contribution in [0.5, 0.6) is 0 Å². The number of nitrogens with zero attached hydrogens (tertiary/aromatic N) is 1. The molecule has 1 heterocycles. The highest BCUT2D eigenvalue weighted by Gasteiger charge is 2.30. The number of carboxylic acid groups (broad SMARTS) is 1. The van der Waals surface area contributed by atoms with Crippen molar-refractivity contribution in [3.63, 3.8) is 0 Å². The summed E-state index contributed by atoms with van der Waals surface area (Å²) < 4.78 is 0.851. The Morgan fingerprint density at radius 1 is 1.45 bits per heavy atom. The molecular formula is C13H13BrN2O4. The van der Waals surface area contributed by atoms with E-state index in [9.17, 15) is 14.4 Å². The van der Waals surface area contributed by atoms with Gasteiger partial charge in [-0.2, -0.15) is 0 Å². The SMILES string of the molecule is CN1C(=O)C(NC(=O)C(=O)O)CCc2ccc(Br)cc21. The maximum atomic E-state index is 12.3. The van der Waals surface area contributed by atoms with Crippen molar-refractivity contribution in [3.8, 4) is 0 Å². The Morgan fingerprint density at radius 3 is 2.80 bits per heavy atom. The van der Waals surface area contributed by atoms with Crippen molar-refractivity contribution in [1.29, 1.82) is 0 Å². The zero-order valence-electron chi connectivity index (χ0n) is 10.7. The van der Waals surface area contributed by atoms with Crippen LogP contribution in [-0.2, 0) is 20.8 Å². The van der Waals surface area contributed by atoms with E-state index in [1.807, 2.05) is 18.2 Å². The van der Waals surface area contributed by atoms with Gasteiger partial charge in [0, 0.05) is 17.2 Å². The van der Waals surface area contributed by atoms with Crippen LogP contribution in [0.25, 0.3) is 0 Å². The quantitative estimate of drug-likeness (QED) is 0.744. The van der Waals surface area contributed by atoms with Crippen molar-refractivity contribution >= 4 is 39.4 Å². The lowest BCUT2D eigenvalue weighted by Crippen LogP contribution is -2.48. The normalized spacial score (nSPS) is 18.2. The second-order valence-electron chi connectivity index (χ2n) is 4.54. The first kappa shape index (κ1) is 14.5. The van der Waals surface area contributed by atoms with Gasteiger partial charge >= 0.3 is 11.9 Å². The monoisotopic (exact) mass is 340 g/mol. The third kappa shape index (κ3) is 2.82. The number of halogens is 1. The number of carbonyl (C=O) groups excluding carboxylic acids is 2. The molecule has 0 bridgehead atoms. The molecule has 0 saturated carbocycles. The van der Waals surface area contributed by atoms with Crippen molar-refractivity contribution in [2.45, 2.75) is 18.9 Å². The van der Waals surface area contributed by atoms with Crippen LogP contribution in [0.2, 0.25) is 0 Å². The van der Waals surface area contributed by atoms with Crippen molar-refractivity contribution in [2.75, 3.05) is 11.9 Å². The number of aryl methyl sites for hydroxylation is 1. The number of amides is 2. The highest BCUT2D eigenvalue weighted by molar-refractivity contribution is 9.10. The van der Waals surface area contributed by atoms with Crippen LogP contribution in [0.4, 0.5) is 5.69 Å². The van der Waals surface area contributed by atoms with Gasteiger partial charge in [-0.15, -0.1) is 0 Å². The lowest BCUT2D eigenvalue weighted by atomic mass is 10.1. The first-order valence-corrected chi connectivity index (χ1v) is 6.79. The smallest absolute Gasteiger partial charge is 0.394 e. The molecule has 0 spiro atoms. The maximum Gasteiger partial charge on any atom is 0.394 e. The first-order valence-electron chi connectivity index (χ1n) is 6.00. The Kier molecular flexibility index (Phi) is 4.08. The number of rotatable bonds is 1. The Labute approximate surface area is 123 Å². The lowest BCUT2D eigenvalue weighted by Gasteiger charge is -2.21. The maximum absolute atomic E-state index is 12.3. The number of carbonyl (C=O) groups is 3. The molecular weight excluding hydrogens is 328 g/mol. The van der Waals surface area contributed by atoms with Gasteiger partial charge in [0.25, 0.3) is 0 Å². The zero-order valence-corrected chi connectivity index (χ0v) is 12.3. The van der Waals surface area contributed by atoms with Crippen molar-refractivity contribution in [3.05, 3.63) is 28.2 Å². The molecule has 2 amide bonds. The van der Waals surface area contributed by atoms with E-state index >= 15 is 0 Å². The van der Waals surface area contributed by atoms with Crippen LogP contribution in [0.15, 0.2) is 22.7 Å². The standard InChI is InChI=1S/C13H13BrN2O4/c1-16-10-6-8(14)4-2-7(10)3-5-9(12(16)18)15-11(17)13(19)20/h2,4,6,9H,3,5H2,1H3,(H,15,17)(H,19,20). The number of aliphatic carboxylic acids is 1. The number of likely N-dealkylation sites (N-methyl/N-ethyl adjacent to an activating group) is 1. The van der Waals surface area contributed by atoms with Crippen LogP contribution in [0.1, 0.15) is 12.0 Å². The highest BCUT2D eigenvalue weighted by Crippen LogP contribution is 2.29. The van der Waals surface area contributed by atoms with E-state index in [0.717, 1.165) is 15.7 Å². The van der Waals surface area contributed by atoms with Gasteiger partial charge in [-0.3, -0.25) is 9.59 Å². The van der Waals surface area contributed by atoms with Crippen LogP contribution in [0, 0.1) is 0 Å². The van der Waals surface area contributed by atoms with E-state index in [0.29, 0.717) is 12.8 Å². The molecule has 1 atom stereocenters. The molecule has 0 radical (unpaired) electrons. The number of hydrogen-bond acceptors (Lipinski definition) is 3. The molecule has 7 heteroatoms. The minimum Gasteiger partial charge on any atom is -0.474 e. The van der Waals surface area contributed by atoms with Crippen LogP contribution in [0.3, 0.4) is 0 Å². The van der Waals surface area contributed by atoms with Gasteiger partial charge in [0.05, 0.1) is 0 Å². The van der Waals surface area contributed by atoms with Gasteiger partial charge in [-0.1, -0.05) is 22.0 Å². The van der Waals surface area contributed by atoms with E-state index in [-0.39, 0.29) is 5.91 Å². The average Bonchev–Trinajstić information content (AvgIpc) is 2.51. The predicted molar refractivity (Wildman–Crippen MR) is 75.4 cm³/mol. The number of hydrogen-bond donors (Lipinski definition) is 2. The van der Waals surface area contributed by atoms with Crippen LogP contribution in [-0.4, -0.2) is 36.0 Å². The van der Waals surface area contributed by atoms with Gasteiger partial charge in [0.15, 0.2) is 0 Å². The molecule has 0 fully saturated rings. The van der Waals surface area contributed by atoms with Gasteiger partial charge < -0.3 is 15.3 Å². The number of anilines is 1. The Morgan fingerprint density at radius 2 is 2.15 bits per heavy atom. The molecule has 1 aliphatic heterocycles. The Bertz CT molecular complexity index is 588. The van der Waals surface area contributed by atoms with Crippen LogP contribution < -0.4 is 10.2 Å². The van der Waals surface area contributed by atoms with E-state index in [2.05, 4.69) is 21.2 Å². The summed E-state index contributed by atoms with van der Waals surface area (Å²) in [6.07, 6.45) is 0.958. The Hall–Kier alpha value is -1.89. The van der Waals surface area contributed by atoms with Gasteiger partial charge in [-0.25, -0.2) is 4.79 Å². The molecule has 6 nitrogen and oxygen atoms in total. The molecule has 0 saturated heterocycles. The van der Waals surface area contributed by atoms with E-state index < -0.39 is 17.9 Å². The molecule has 106 valence electrons. The largest absolute Gasteiger partial charge is 0.474 e. The summed E-state index contributed by atoms with van der Waals surface area (Å²) in [6.45, 7) is 0. The lowest BCUT2D eigenvalue weighted by molar-refractivity contribution is -0.150. The van der Waals surface area contributed by atoms with Gasteiger partial charge in [0.1, 0.15) is 6.04 Å². The molecule has 2 rings (SSSR count). The molecule has 1 aromatic rings. The fraction of sp³-hybridized carbons (Fsp3) is 0.308. The second kappa shape index (κ2) is 5.62. The summed E-state index contributed by atoms with van der Waals surface area (Å²) in [4.78, 5) is 35.5. The number of fused-ring (bicyclic) bond motifs is 1. The Balaban J connectivity index is 2.26. The summed E-state index contributed by atoms with van der Waals surface area (Å²) in [6, 6.07) is 4.79. The van der Waals surface area contributed by atoms with Gasteiger partial charge in [-0.05, 0) is 30.5 Å². The number of nitrogens with one attached hydrogen (secondary N) is 1. The summed E-state index contributed by atoms with van der Waals surface area (Å²) in [5.41, 5.74) is 1.74. The van der Waals surface area contributed by atoms with Crippen molar-refractivity contribution in [1.82, 2.24) is 5.32 Å². The molecule has 1 aromatic carbocycles.